The monoisotopic (exact) mass is 431 g/mol. The molecule has 0 fully saturated rings. The van der Waals surface area contributed by atoms with Crippen LogP contribution >= 0.6 is 38.5 Å². The van der Waals surface area contributed by atoms with E-state index in [1.165, 1.54) is 0 Å². The smallest absolute Gasteiger partial charge is 0.255 e. The molecule has 2 aromatic rings. The first-order valence-corrected chi connectivity index (χ1v) is 7.38. The lowest BCUT2D eigenvalue weighted by atomic mass is 10.2. The van der Waals surface area contributed by atoms with Crippen LogP contribution in [0.3, 0.4) is 0 Å². The Morgan fingerprint density at radius 1 is 1.26 bits per heavy atom. The predicted octanol–water partition coefficient (Wildman–Crippen LogP) is 4.31. The molecule has 5 heteroatoms. The molecule has 0 spiro atoms. The highest BCUT2D eigenvalue weighted by Crippen LogP contribution is 2.25. The average Bonchev–Trinajstić information content (AvgIpc) is 2.43. The van der Waals surface area contributed by atoms with E-state index in [2.05, 4.69) is 43.8 Å². The predicted molar refractivity (Wildman–Crippen MR) is 87.8 cm³/mol. The van der Waals surface area contributed by atoms with Gasteiger partial charge in [0, 0.05) is 13.6 Å². The van der Waals surface area contributed by atoms with Crippen molar-refractivity contribution in [1.29, 1.82) is 0 Å². The third kappa shape index (κ3) is 3.70. The Morgan fingerprint density at radius 3 is 2.79 bits per heavy atom. The molecule has 0 aliphatic carbocycles. The van der Waals surface area contributed by atoms with Gasteiger partial charge in [-0.1, -0.05) is 6.07 Å². The molecule has 0 saturated heterocycles. The fourth-order valence-electron chi connectivity index (χ4n) is 1.55. The van der Waals surface area contributed by atoms with Gasteiger partial charge in [0.25, 0.3) is 5.91 Å². The number of methoxy groups -OCH3 is 1. The van der Waals surface area contributed by atoms with Crippen molar-refractivity contribution < 1.29 is 9.53 Å². The first-order chi connectivity index (χ1) is 9.10. The molecule has 3 nitrogen and oxygen atoms in total. The second kappa shape index (κ2) is 6.38. The molecule has 0 unspecified atom stereocenters. The second-order valence-electron chi connectivity index (χ2n) is 3.81. The minimum Gasteiger partial charge on any atom is -0.497 e. The molecular weight excluding hydrogens is 421 g/mol. The van der Waals surface area contributed by atoms with E-state index >= 15 is 0 Å². The van der Waals surface area contributed by atoms with Gasteiger partial charge in [-0.3, -0.25) is 4.79 Å². The van der Waals surface area contributed by atoms with Gasteiger partial charge in [0.15, 0.2) is 0 Å². The van der Waals surface area contributed by atoms with Gasteiger partial charge >= 0.3 is 0 Å². The van der Waals surface area contributed by atoms with E-state index in [0.717, 1.165) is 13.7 Å². The number of carbonyl (C=O) groups is 1. The van der Waals surface area contributed by atoms with Crippen molar-refractivity contribution in [1.82, 2.24) is 0 Å². The molecule has 98 valence electrons. The van der Waals surface area contributed by atoms with E-state index in [9.17, 15) is 4.79 Å². The van der Waals surface area contributed by atoms with Crippen molar-refractivity contribution in [3.63, 3.8) is 0 Å². The first kappa shape index (κ1) is 14.3. The Labute approximate surface area is 133 Å². The lowest BCUT2D eigenvalue weighted by Crippen LogP contribution is -2.12. The largest absolute Gasteiger partial charge is 0.497 e. The SMILES string of the molecule is COc1cccc(C(=O)Nc2cc(I)ccc2Br)c1. The Morgan fingerprint density at radius 2 is 2.05 bits per heavy atom. The molecule has 2 aromatic carbocycles. The maximum absolute atomic E-state index is 12.2. The lowest BCUT2D eigenvalue weighted by molar-refractivity contribution is 0.102. The fourth-order valence-corrected chi connectivity index (χ4v) is 2.39. The third-order valence-electron chi connectivity index (χ3n) is 2.51. The van der Waals surface area contributed by atoms with Crippen molar-refractivity contribution in [2.24, 2.45) is 0 Å². The maximum atomic E-state index is 12.2. The van der Waals surface area contributed by atoms with Gasteiger partial charge in [-0.15, -0.1) is 0 Å². The number of hydrogen-bond acceptors (Lipinski definition) is 2. The number of ether oxygens (including phenoxy) is 1. The van der Waals surface area contributed by atoms with Crippen molar-refractivity contribution in [2.75, 3.05) is 12.4 Å². The van der Waals surface area contributed by atoms with Gasteiger partial charge in [-0.05, 0) is 74.9 Å². The zero-order valence-corrected chi connectivity index (χ0v) is 13.9. The van der Waals surface area contributed by atoms with Crippen LogP contribution in [0.4, 0.5) is 5.69 Å². The van der Waals surface area contributed by atoms with Gasteiger partial charge in [0.2, 0.25) is 0 Å². The minimum atomic E-state index is -0.165. The highest BCUT2D eigenvalue weighted by atomic mass is 127. The summed E-state index contributed by atoms with van der Waals surface area (Å²) in [5, 5.41) is 2.87. The molecule has 0 radical (unpaired) electrons. The van der Waals surface area contributed by atoms with Crippen LogP contribution in [0.25, 0.3) is 0 Å². The van der Waals surface area contributed by atoms with Crippen LogP contribution in [-0.4, -0.2) is 13.0 Å². The topological polar surface area (TPSA) is 38.3 Å². The third-order valence-corrected chi connectivity index (χ3v) is 3.87. The molecule has 0 atom stereocenters. The van der Waals surface area contributed by atoms with Gasteiger partial charge < -0.3 is 10.1 Å². The van der Waals surface area contributed by atoms with Gasteiger partial charge in [0.05, 0.1) is 12.8 Å². The Kier molecular flexibility index (Phi) is 4.81. The van der Waals surface area contributed by atoms with Crippen molar-refractivity contribution in [3.05, 3.63) is 56.1 Å². The number of benzene rings is 2. The van der Waals surface area contributed by atoms with Gasteiger partial charge in [0.1, 0.15) is 5.75 Å². The van der Waals surface area contributed by atoms with Crippen LogP contribution in [0, 0.1) is 3.57 Å². The minimum absolute atomic E-state index is 0.165. The first-order valence-electron chi connectivity index (χ1n) is 5.50. The normalized spacial score (nSPS) is 10.1. The molecule has 1 amide bonds. The van der Waals surface area contributed by atoms with Gasteiger partial charge in [-0.2, -0.15) is 0 Å². The van der Waals surface area contributed by atoms with Crippen molar-refractivity contribution in [2.45, 2.75) is 0 Å². The van der Waals surface area contributed by atoms with E-state index < -0.39 is 0 Å². The van der Waals surface area contributed by atoms with E-state index in [4.69, 9.17) is 4.74 Å². The fraction of sp³-hybridized carbons (Fsp3) is 0.0714. The van der Waals surface area contributed by atoms with Crippen LogP contribution in [0.2, 0.25) is 0 Å². The maximum Gasteiger partial charge on any atom is 0.255 e. The Hall–Kier alpha value is -1.08. The van der Waals surface area contributed by atoms with Crippen LogP contribution in [0.1, 0.15) is 10.4 Å². The molecule has 0 aliphatic rings. The number of anilines is 1. The molecule has 0 saturated carbocycles. The van der Waals surface area contributed by atoms with E-state index in [-0.39, 0.29) is 5.91 Å². The van der Waals surface area contributed by atoms with Crippen molar-refractivity contribution in [3.8, 4) is 5.75 Å². The van der Waals surface area contributed by atoms with Crippen LogP contribution < -0.4 is 10.1 Å². The summed E-state index contributed by atoms with van der Waals surface area (Å²) in [5.74, 6) is 0.496. The molecule has 0 aliphatic heterocycles. The molecule has 2 rings (SSSR count). The summed E-state index contributed by atoms with van der Waals surface area (Å²) in [6, 6.07) is 12.8. The zero-order valence-electron chi connectivity index (χ0n) is 10.1. The number of nitrogens with one attached hydrogen (secondary N) is 1. The summed E-state index contributed by atoms with van der Waals surface area (Å²) in [6.07, 6.45) is 0. The van der Waals surface area contributed by atoms with Crippen LogP contribution in [-0.2, 0) is 0 Å². The average molecular weight is 432 g/mol. The molecule has 0 heterocycles. The summed E-state index contributed by atoms with van der Waals surface area (Å²) >= 11 is 5.62. The van der Waals surface area contributed by atoms with E-state index in [0.29, 0.717) is 11.3 Å². The summed E-state index contributed by atoms with van der Waals surface area (Å²) in [6.45, 7) is 0. The number of rotatable bonds is 3. The highest BCUT2D eigenvalue weighted by molar-refractivity contribution is 14.1. The van der Waals surface area contributed by atoms with Crippen LogP contribution in [0.15, 0.2) is 46.9 Å². The number of hydrogen-bond donors (Lipinski definition) is 1. The molecular formula is C14H11BrINO2. The quantitative estimate of drug-likeness (QED) is 0.735. The lowest BCUT2D eigenvalue weighted by Gasteiger charge is -2.09. The Bertz CT molecular complexity index is 616. The van der Waals surface area contributed by atoms with E-state index in [1.54, 1.807) is 31.4 Å². The summed E-state index contributed by atoms with van der Waals surface area (Å²) in [7, 11) is 1.58. The summed E-state index contributed by atoms with van der Waals surface area (Å²) < 4.78 is 7.02. The zero-order chi connectivity index (χ0) is 13.8. The summed E-state index contributed by atoms with van der Waals surface area (Å²) in [4.78, 5) is 12.2. The Balaban J connectivity index is 2.22. The summed E-state index contributed by atoms with van der Waals surface area (Å²) in [5.41, 5.74) is 1.31. The van der Waals surface area contributed by atoms with Crippen molar-refractivity contribution >= 4 is 50.1 Å². The van der Waals surface area contributed by atoms with Crippen LogP contribution in [0.5, 0.6) is 5.75 Å². The van der Waals surface area contributed by atoms with Gasteiger partial charge in [-0.25, -0.2) is 0 Å². The molecule has 1 N–H and O–H groups in total. The number of halogens is 2. The number of carbonyl (C=O) groups excluding carboxylic acids is 1. The highest BCUT2D eigenvalue weighted by Gasteiger charge is 2.09. The second-order valence-corrected chi connectivity index (χ2v) is 5.91. The molecule has 0 bridgehead atoms. The van der Waals surface area contributed by atoms with E-state index in [1.807, 2.05) is 18.2 Å². The number of amides is 1. The molecule has 19 heavy (non-hydrogen) atoms. The molecule has 0 aromatic heterocycles. The standard InChI is InChI=1S/C14H11BrINO2/c1-19-11-4-2-3-9(7-11)14(18)17-13-8-10(16)5-6-12(13)15/h2-8H,1H3,(H,17,18).